The molecule has 1 unspecified atom stereocenters. The molecule has 0 saturated carbocycles. The summed E-state index contributed by atoms with van der Waals surface area (Å²) in [5, 5.41) is 22.2. The highest BCUT2D eigenvalue weighted by molar-refractivity contribution is 7.80. The lowest BCUT2D eigenvalue weighted by Crippen LogP contribution is -2.43. The maximum absolute atomic E-state index is 10.9. The number of nitrogens with one attached hydrogen (secondary N) is 1. The van der Waals surface area contributed by atoms with E-state index in [0.29, 0.717) is 5.56 Å². The molecule has 0 spiro atoms. The van der Waals surface area contributed by atoms with Gasteiger partial charge in [-0.25, -0.2) is 5.32 Å². The summed E-state index contributed by atoms with van der Waals surface area (Å²) < 4.78 is 0. The van der Waals surface area contributed by atoms with E-state index in [1.54, 1.807) is 30.3 Å². The van der Waals surface area contributed by atoms with Crippen LogP contribution in [0.4, 0.5) is 0 Å². The third kappa shape index (κ3) is 3.72. The second-order valence-electron chi connectivity index (χ2n) is 3.34. The minimum absolute atomic E-state index is 0.0213. The van der Waals surface area contributed by atoms with Crippen LogP contribution in [0.25, 0.3) is 0 Å². The zero-order valence-electron chi connectivity index (χ0n) is 8.81. The van der Waals surface area contributed by atoms with Crippen LogP contribution in [-0.2, 0) is 4.79 Å². The van der Waals surface area contributed by atoms with Crippen LogP contribution in [-0.4, -0.2) is 27.8 Å². The third-order valence-electron chi connectivity index (χ3n) is 2.17. The predicted molar refractivity (Wildman–Crippen MR) is 64.6 cm³/mol. The number of rotatable bonds is 6. The standard InChI is InChI=1S/C10H12N2O4S/c13-10(14)8(6-17)11-9(12(15)16)7-4-2-1-3-5-7/h1-5,8-9,11,17H,6H2,(H,13,14)/t8-,9?/m0/s1. The van der Waals surface area contributed by atoms with Crippen molar-refractivity contribution in [3.8, 4) is 0 Å². The Hall–Kier alpha value is -1.60. The van der Waals surface area contributed by atoms with Crippen molar-refractivity contribution < 1.29 is 14.8 Å². The van der Waals surface area contributed by atoms with Gasteiger partial charge >= 0.3 is 5.97 Å². The Bertz CT molecular complexity index is 399. The number of nitro groups is 1. The van der Waals surface area contributed by atoms with E-state index in [4.69, 9.17) is 5.11 Å². The minimum Gasteiger partial charge on any atom is -0.480 e. The Kier molecular flexibility index (Phi) is 4.92. The van der Waals surface area contributed by atoms with Gasteiger partial charge in [-0.15, -0.1) is 0 Å². The molecule has 0 heterocycles. The summed E-state index contributed by atoms with van der Waals surface area (Å²) in [4.78, 5) is 21.1. The molecule has 0 radical (unpaired) electrons. The van der Waals surface area contributed by atoms with Crippen molar-refractivity contribution in [2.75, 3.05) is 5.75 Å². The van der Waals surface area contributed by atoms with Crippen LogP contribution in [0.1, 0.15) is 11.7 Å². The van der Waals surface area contributed by atoms with Crippen molar-refractivity contribution in [1.29, 1.82) is 0 Å². The molecule has 0 fully saturated rings. The summed E-state index contributed by atoms with van der Waals surface area (Å²) in [6, 6.07) is 7.12. The number of carbonyl (C=O) groups is 1. The number of hydrogen-bond donors (Lipinski definition) is 3. The fraction of sp³-hybridized carbons (Fsp3) is 0.300. The molecule has 1 rings (SSSR count). The van der Waals surface area contributed by atoms with Gasteiger partial charge in [-0.1, -0.05) is 30.3 Å². The van der Waals surface area contributed by atoms with Gasteiger partial charge in [0.05, 0.1) is 0 Å². The average molecular weight is 256 g/mol. The number of nitrogens with zero attached hydrogens (tertiary/aromatic N) is 1. The van der Waals surface area contributed by atoms with Crippen molar-refractivity contribution in [2.24, 2.45) is 0 Å². The fourth-order valence-electron chi connectivity index (χ4n) is 1.31. The summed E-state index contributed by atoms with van der Waals surface area (Å²) in [7, 11) is 0. The van der Waals surface area contributed by atoms with Gasteiger partial charge in [0.15, 0.2) is 0 Å². The number of aliphatic carboxylic acids is 1. The van der Waals surface area contributed by atoms with Crippen LogP contribution < -0.4 is 5.32 Å². The van der Waals surface area contributed by atoms with E-state index in [2.05, 4.69) is 17.9 Å². The molecule has 92 valence electrons. The molecule has 2 atom stereocenters. The van der Waals surface area contributed by atoms with Gasteiger partial charge in [-0.05, 0) is 0 Å². The summed E-state index contributed by atoms with van der Waals surface area (Å²) in [5.74, 6) is -1.19. The van der Waals surface area contributed by atoms with Crippen molar-refractivity contribution in [1.82, 2.24) is 5.32 Å². The first kappa shape index (κ1) is 13.5. The fourth-order valence-corrected chi connectivity index (χ4v) is 1.57. The van der Waals surface area contributed by atoms with Crippen LogP contribution in [0.15, 0.2) is 30.3 Å². The monoisotopic (exact) mass is 256 g/mol. The first-order valence-electron chi connectivity index (χ1n) is 4.84. The molecule has 0 amide bonds. The number of hydrogen-bond acceptors (Lipinski definition) is 5. The number of thiol groups is 1. The van der Waals surface area contributed by atoms with Crippen molar-refractivity contribution in [2.45, 2.75) is 12.2 Å². The molecular formula is C10H12N2O4S. The molecule has 0 aliphatic heterocycles. The minimum atomic E-state index is -1.25. The number of carboxylic acids is 1. The van der Waals surface area contributed by atoms with E-state index in [1.807, 2.05) is 0 Å². The quantitative estimate of drug-likeness (QED) is 0.305. The highest BCUT2D eigenvalue weighted by atomic mass is 32.1. The van der Waals surface area contributed by atoms with Gasteiger partial charge in [-0.3, -0.25) is 14.9 Å². The lowest BCUT2D eigenvalue weighted by molar-refractivity contribution is -0.536. The highest BCUT2D eigenvalue weighted by Gasteiger charge is 2.28. The van der Waals surface area contributed by atoms with Crippen LogP contribution in [0, 0.1) is 10.1 Å². The molecule has 6 nitrogen and oxygen atoms in total. The lowest BCUT2D eigenvalue weighted by Gasteiger charge is -2.16. The smallest absolute Gasteiger partial charge is 0.321 e. The highest BCUT2D eigenvalue weighted by Crippen LogP contribution is 2.14. The maximum Gasteiger partial charge on any atom is 0.321 e. The van der Waals surface area contributed by atoms with Crippen LogP contribution in [0.2, 0.25) is 0 Å². The van der Waals surface area contributed by atoms with E-state index in [1.165, 1.54) is 0 Å². The SMILES string of the molecule is O=C(O)[C@H](CS)NC(c1ccccc1)[N+](=O)[O-]. The van der Waals surface area contributed by atoms with Gasteiger partial charge in [0.2, 0.25) is 0 Å². The largest absolute Gasteiger partial charge is 0.480 e. The molecule has 0 aliphatic rings. The van der Waals surface area contributed by atoms with E-state index in [-0.39, 0.29) is 5.75 Å². The van der Waals surface area contributed by atoms with E-state index in [0.717, 1.165) is 0 Å². The van der Waals surface area contributed by atoms with E-state index >= 15 is 0 Å². The Morgan fingerprint density at radius 3 is 2.47 bits per heavy atom. The zero-order valence-corrected chi connectivity index (χ0v) is 9.71. The Morgan fingerprint density at radius 2 is 2.06 bits per heavy atom. The molecule has 1 aromatic rings. The summed E-state index contributed by atoms with van der Waals surface area (Å²) in [5.41, 5.74) is 0.408. The zero-order chi connectivity index (χ0) is 12.8. The topological polar surface area (TPSA) is 92.5 Å². The number of benzene rings is 1. The third-order valence-corrected chi connectivity index (χ3v) is 2.53. The number of carboxylic acid groups (broad SMARTS) is 1. The molecule has 0 saturated heterocycles. The van der Waals surface area contributed by atoms with Crippen LogP contribution in [0.5, 0.6) is 0 Å². The second kappa shape index (κ2) is 6.21. The molecule has 17 heavy (non-hydrogen) atoms. The molecule has 2 N–H and O–H groups in total. The van der Waals surface area contributed by atoms with Gasteiger partial charge in [0.25, 0.3) is 6.17 Å². The van der Waals surface area contributed by atoms with Gasteiger partial charge in [-0.2, -0.15) is 12.6 Å². The van der Waals surface area contributed by atoms with Crippen LogP contribution >= 0.6 is 12.6 Å². The van der Waals surface area contributed by atoms with Crippen molar-refractivity contribution in [3.05, 3.63) is 46.0 Å². The van der Waals surface area contributed by atoms with Crippen molar-refractivity contribution >= 4 is 18.6 Å². The summed E-state index contributed by atoms with van der Waals surface area (Å²) >= 11 is 3.84. The Labute approximate surface area is 103 Å². The molecule has 1 aromatic carbocycles. The molecule has 0 bridgehead atoms. The van der Waals surface area contributed by atoms with Gasteiger partial charge in [0, 0.05) is 16.2 Å². The Balaban J connectivity index is 2.88. The molecule has 0 aromatic heterocycles. The van der Waals surface area contributed by atoms with Crippen LogP contribution in [0.3, 0.4) is 0 Å². The molecular weight excluding hydrogens is 244 g/mol. The molecule has 0 aliphatic carbocycles. The normalized spacial score (nSPS) is 13.9. The first-order chi connectivity index (χ1) is 8.06. The molecule has 7 heteroatoms. The average Bonchev–Trinajstić information content (AvgIpc) is 2.30. The maximum atomic E-state index is 10.9. The first-order valence-corrected chi connectivity index (χ1v) is 5.47. The Morgan fingerprint density at radius 1 is 1.47 bits per heavy atom. The van der Waals surface area contributed by atoms with Crippen molar-refractivity contribution in [3.63, 3.8) is 0 Å². The lowest BCUT2D eigenvalue weighted by atomic mass is 10.1. The van der Waals surface area contributed by atoms with Gasteiger partial charge in [0.1, 0.15) is 6.04 Å². The summed E-state index contributed by atoms with van der Waals surface area (Å²) in [6.45, 7) is 0. The second-order valence-corrected chi connectivity index (χ2v) is 3.70. The predicted octanol–water partition coefficient (Wildman–Crippen LogP) is 0.935. The van der Waals surface area contributed by atoms with E-state index in [9.17, 15) is 14.9 Å². The summed E-state index contributed by atoms with van der Waals surface area (Å²) in [6.07, 6.45) is -1.25. The van der Waals surface area contributed by atoms with Gasteiger partial charge < -0.3 is 5.11 Å². The van der Waals surface area contributed by atoms with E-state index < -0.39 is 23.1 Å².